The number of carbonyl (C=O) groups excluding carboxylic acids is 2. The molecule has 0 aliphatic heterocycles. The van der Waals surface area contributed by atoms with Crippen LogP contribution in [-0.4, -0.2) is 89.1 Å². The lowest BCUT2D eigenvalue weighted by atomic mass is 10.0. The normalized spacial score (nSPS) is 12.9. The molecule has 0 aliphatic carbocycles. The summed E-state index contributed by atoms with van der Waals surface area (Å²) in [7, 11) is 0. The highest BCUT2D eigenvalue weighted by molar-refractivity contribution is 7.16. The van der Waals surface area contributed by atoms with Gasteiger partial charge in [0, 0.05) is 58.4 Å². The van der Waals surface area contributed by atoms with Gasteiger partial charge in [0.05, 0.1) is 80.3 Å². The molecule has 3 aromatic carbocycles. The summed E-state index contributed by atoms with van der Waals surface area (Å²) in [4.78, 5) is 42.7. The molecular weight excluding hydrogens is 875 g/mol. The summed E-state index contributed by atoms with van der Waals surface area (Å²) < 4.78 is 35.0. The molecule has 0 bridgehead atoms. The number of carbonyl (C=O) groups is 2. The van der Waals surface area contributed by atoms with E-state index in [-0.39, 0.29) is 29.5 Å². The van der Waals surface area contributed by atoms with E-state index in [1.165, 1.54) is 63.0 Å². The third kappa shape index (κ3) is 11.3. The molecule has 19 heteroatoms. The average Bonchev–Trinajstić information content (AvgIpc) is 3.93. The fourth-order valence-corrected chi connectivity index (χ4v) is 8.01. The number of pyridine rings is 2. The molecule has 7 aromatic rings. The number of aromatic nitrogens is 4. The highest BCUT2D eigenvalue weighted by Crippen LogP contribution is 2.39. The maximum absolute atomic E-state index is 14.8. The number of benzene rings is 3. The van der Waals surface area contributed by atoms with Crippen LogP contribution < -0.4 is 31.5 Å². The van der Waals surface area contributed by atoms with Crippen LogP contribution in [0.5, 0.6) is 0 Å². The van der Waals surface area contributed by atoms with Crippen molar-refractivity contribution < 1.29 is 33.7 Å². The van der Waals surface area contributed by atoms with E-state index in [4.69, 9.17) is 4.98 Å². The predicted molar refractivity (Wildman–Crippen MR) is 254 cm³/mol. The Morgan fingerprint density at radius 3 is 2.11 bits per heavy atom. The van der Waals surface area contributed by atoms with Gasteiger partial charge in [-0.05, 0) is 113 Å². The molecule has 4 heterocycles. The monoisotopic (exact) mass is 924 g/mol. The van der Waals surface area contributed by atoms with Crippen LogP contribution in [-0.2, 0) is 6.61 Å². The molecule has 2 atom stereocenters. The fraction of sp³-hybridized carbons (Fsp3) is 0.304. The van der Waals surface area contributed by atoms with E-state index in [9.17, 15) is 33.7 Å². The average molecular weight is 925 g/mol. The van der Waals surface area contributed by atoms with Crippen molar-refractivity contribution in [3.05, 3.63) is 107 Å². The van der Waals surface area contributed by atoms with E-state index in [1.807, 2.05) is 60.5 Å². The second-order valence-electron chi connectivity index (χ2n) is 16.9. The van der Waals surface area contributed by atoms with Gasteiger partial charge in [-0.3, -0.25) is 14.5 Å². The molecule has 0 fully saturated rings. The number of amides is 2. The number of aliphatic hydroxyl groups is 3. The number of rotatable bonds is 18. The Labute approximate surface area is 382 Å². The molecule has 0 saturated carbocycles. The second-order valence-corrected chi connectivity index (χ2v) is 18.4. The number of hydrogen-bond donors (Lipinski definition) is 8. The quantitative estimate of drug-likeness (QED) is 0.0406. The summed E-state index contributed by atoms with van der Waals surface area (Å²) in [5, 5.41) is 48.8. The maximum Gasteiger partial charge on any atom is 0.255 e. The van der Waals surface area contributed by atoms with Crippen molar-refractivity contribution in [1.29, 1.82) is 0 Å². The molecule has 0 saturated heterocycles. The van der Waals surface area contributed by atoms with Crippen LogP contribution >= 0.6 is 22.9 Å². The topological polar surface area (TPSA) is 210 Å². The number of nitrogens with zero attached hydrogens (tertiary/aromatic N) is 5. The van der Waals surface area contributed by atoms with E-state index < -0.39 is 48.4 Å². The zero-order chi connectivity index (χ0) is 46.6. The lowest BCUT2D eigenvalue weighted by Crippen LogP contribution is -2.42. The predicted octanol–water partition coefficient (Wildman–Crippen LogP) is 8.64. The molecule has 0 spiro atoms. The van der Waals surface area contributed by atoms with E-state index >= 15 is 0 Å². The third-order valence-corrected chi connectivity index (χ3v) is 11.7. The summed E-state index contributed by atoms with van der Waals surface area (Å²) in [6.45, 7) is 7.85. The number of halogens is 2. The van der Waals surface area contributed by atoms with Gasteiger partial charge in [0.2, 0.25) is 0 Å². The first kappa shape index (κ1) is 46.6. The van der Waals surface area contributed by atoms with Gasteiger partial charge in [0.1, 0.15) is 24.0 Å². The number of aliphatic hydroxyl groups excluding tert-OH is 1. The van der Waals surface area contributed by atoms with Gasteiger partial charge in [-0.1, -0.05) is 0 Å². The largest absolute Gasteiger partial charge is 0.392 e. The molecule has 340 valence electrons. The Bertz CT molecular complexity index is 2830. The van der Waals surface area contributed by atoms with Crippen LogP contribution in [0.2, 0.25) is 0 Å². The molecule has 15 nitrogen and oxygen atoms in total. The van der Waals surface area contributed by atoms with Crippen LogP contribution in [0.1, 0.15) is 67.8 Å². The van der Waals surface area contributed by atoms with Crippen LogP contribution in [0.3, 0.4) is 0 Å². The van der Waals surface area contributed by atoms with Crippen molar-refractivity contribution >= 4 is 102 Å². The minimum absolute atomic E-state index is 0.0705. The van der Waals surface area contributed by atoms with Crippen LogP contribution in [0, 0.1) is 0 Å². The number of thiazole rings is 1. The van der Waals surface area contributed by atoms with Crippen molar-refractivity contribution in [3.63, 3.8) is 0 Å². The number of fused-ring (bicyclic) bond motifs is 2. The highest BCUT2D eigenvalue weighted by Gasteiger charge is 2.29. The first-order valence-corrected chi connectivity index (χ1v) is 22.4. The molecule has 8 N–H and O–H groups in total. The zero-order valence-corrected chi connectivity index (χ0v) is 38.1. The van der Waals surface area contributed by atoms with E-state index in [2.05, 4.69) is 40.9 Å². The summed E-state index contributed by atoms with van der Waals surface area (Å²) >= 11 is 2.79. The molecular formula is C46H50F2N10O5S2. The molecule has 7 rings (SSSR count). The molecule has 2 unspecified atom stereocenters. The molecule has 65 heavy (non-hydrogen) atoms. The third-order valence-electron chi connectivity index (χ3n) is 10.3. The summed E-state index contributed by atoms with van der Waals surface area (Å²) in [6.07, 6.45) is -0.729. The Morgan fingerprint density at radius 2 is 1.43 bits per heavy atom. The Hall–Kier alpha value is -6.38. The lowest BCUT2D eigenvalue weighted by molar-refractivity contribution is -0.00209. The van der Waals surface area contributed by atoms with Gasteiger partial charge in [-0.15, -0.1) is 11.3 Å². The van der Waals surface area contributed by atoms with Crippen LogP contribution in [0.4, 0.5) is 54.5 Å². The van der Waals surface area contributed by atoms with Gasteiger partial charge in [0.25, 0.3) is 11.8 Å². The van der Waals surface area contributed by atoms with Crippen molar-refractivity contribution in [2.75, 3.05) is 33.9 Å². The van der Waals surface area contributed by atoms with Gasteiger partial charge < -0.3 is 41.9 Å². The first-order valence-electron chi connectivity index (χ1n) is 20.7. The first-order chi connectivity index (χ1) is 30.9. The lowest BCUT2D eigenvalue weighted by Gasteiger charge is -2.27. The summed E-state index contributed by atoms with van der Waals surface area (Å²) in [6, 6.07) is 19.8. The smallest absolute Gasteiger partial charge is 0.255 e. The van der Waals surface area contributed by atoms with Gasteiger partial charge in [0.15, 0.2) is 0 Å². The van der Waals surface area contributed by atoms with Gasteiger partial charge in [-0.2, -0.15) is 4.37 Å². The molecule has 0 radical (unpaired) electrons. The Balaban J connectivity index is 1.30. The SMILES string of the molecule is CC(C)Nc1cc(N(c2cc(CO)cc(Nc3cc(Nc4ccc5ncsc5c4)ncc3C(=O)NCC(F)C(C)(C)O)c2)c2ccc3nscc3c2)ncc1C(=O)NCC(F)C(C)(C)O. The highest BCUT2D eigenvalue weighted by atomic mass is 32.1. The van der Waals surface area contributed by atoms with E-state index in [0.29, 0.717) is 39.9 Å². The van der Waals surface area contributed by atoms with Crippen molar-refractivity contribution in [3.8, 4) is 0 Å². The molecule has 0 aliphatic rings. The van der Waals surface area contributed by atoms with Gasteiger partial charge in [-0.25, -0.2) is 23.7 Å². The van der Waals surface area contributed by atoms with Crippen molar-refractivity contribution in [1.82, 2.24) is 30.0 Å². The van der Waals surface area contributed by atoms with Crippen molar-refractivity contribution in [2.24, 2.45) is 0 Å². The van der Waals surface area contributed by atoms with Crippen LogP contribution in [0.15, 0.2) is 90.0 Å². The Morgan fingerprint density at radius 1 is 0.754 bits per heavy atom. The standard InChI is InChI=1S/C46H50F2N10O5S2/c1-25(2)54-37-17-42(50-19-33(37)44(61)52-21-40(48)46(5,6)63)58(30-8-10-34-27(13-30)23-65-57-34)31-12-26(22-59)11-29(14-31)55-36-16-41(56-28-7-9-35-38(15-28)64-24-53-35)49-18-32(36)43(60)51-20-39(47)45(3,4)62/h7-19,23-25,39-40,59,62-63H,20-22H2,1-6H3,(H,50,54)(H,51,60)(H,52,61)(H2,49,55,56). The Kier molecular flexibility index (Phi) is 13.9. The number of nitrogens with one attached hydrogen (secondary N) is 5. The molecule has 4 aromatic heterocycles. The number of hydrogen-bond acceptors (Lipinski definition) is 15. The maximum atomic E-state index is 14.8. The minimum atomic E-state index is -1.76. The van der Waals surface area contributed by atoms with Gasteiger partial charge >= 0.3 is 0 Å². The van der Waals surface area contributed by atoms with Crippen molar-refractivity contribution in [2.45, 2.75) is 77.7 Å². The second kappa shape index (κ2) is 19.4. The van der Waals surface area contributed by atoms with E-state index in [0.717, 1.165) is 26.8 Å². The zero-order valence-electron chi connectivity index (χ0n) is 36.5. The molecule has 2 amide bonds. The number of alkyl halides is 2. The number of anilines is 8. The van der Waals surface area contributed by atoms with Crippen LogP contribution in [0.25, 0.3) is 21.1 Å². The summed E-state index contributed by atoms with van der Waals surface area (Å²) in [5.74, 6) is -0.495. The summed E-state index contributed by atoms with van der Waals surface area (Å²) in [5.41, 5.74) is 3.77. The minimum Gasteiger partial charge on any atom is -0.392 e. The fourth-order valence-electron chi connectivity index (χ4n) is 6.66. The van der Waals surface area contributed by atoms with E-state index in [1.54, 1.807) is 35.8 Å².